The number of fused-ring (bicyclic) bond motifs is 1. The molecule has 1 fully saturated rings. The number of amides is 1. The number of carbonyl (C=O) groups is 1. The Hall–Kier alpha value is -3.81. The lowest BCUT2D eigenvalue weighted by atomic mass is 9.96. The predicted octanol–water partition coefficient (Wildman–Crippen LogP) is 3.99. The fourth-order valence-corrected chi connectivity index (χ4v) is 4.40. The van der Waals surface area contributed by atoms with Crippen molar-refractivity contribution in [2.24, 2.45) is 5.92 Å². The second-order valence-corrected chi connectivity index (χ2v) is 8.63. The number of carbonyl (C=O) groups excluding carboxylic acids is 1. The van der Waals surface area contributed by atoms with E-state index in [0.717, 1.165) is 65.7 Å². The molecule has 8 nitrogen and oxygen atoms in total. The van der Waals surface area contributed by atoms with Crippen LogP contribution in [0.5, 0.6) is 0 Å². The van der Waals surface area contributed by atoms with Gasteiger partial charge < -0.3 is 10.2 Å². The summed E-state index contributed by atoms with van der Waals surface area (Å²) in [5, 5.41) is 8.64. The predicted molar refractivity (Wildman–Crippen MR) is 129 cm³/mol. The van der Waals surface area contributed by atoms with Gasteiger partial charge in [-0.1, -0.05) is 18.2 Å². The lowest BCUT2D eigenvalue weighted by Crippen LogP contribution is -2.39. The van der Waals surface area contributed by atoms with Crippen LogP contribution in [-0.2, 0) is 4.79 Å². The average Bonchev–Trinajstić information content (AvgIpc) is 3.15. The molecule has 1 aliphatic rings. The molecular weight excluding hydrogens is 414 g/mol. The Balaban J connectivity index is 1.27. The molecule has 3 aromatic heterocycles. The highest BCUT2D eigenvalue weighted by molar-refractivity contribution is 5.94. The number of pyridine rings is 1. The van der Waals surface area contributed by atoms with Crippen LogP contribution >= 0.6 is 0 Å². The van der Waals surface area contributed by atoms with E-state index in [0.29, 0.717) is 5.69 Å². The van der Waals surface area contributed by atoms with Gasteiger partial charge in [0.15, 0.2) is 5.65 Å². The van der Waals surface area contributed by atoms with Crippen LogP contribution in [0.4, 0.5) is 11.6 Å². The highest BCUT2D eigenvalue weighted by Crippen LogP contribution is 2.25. The Labute approximate surface area is 192 Å². The quantitative estimate of drug-likeness (QED) is 0.515. The second kappa shape index (κ2) is 8.61. The molecule has 0 bridgehead atoms. The van der Waals surface area contributed by atoms with Gasteiger partial charge in [-0.3, -0.25) is 4.79 Å². The van der Waals surface area contributed by atoms with Gasteiger partial charge in [0.05, 0.1) is 23.3 Å². The molecule has 0 radical (unpaired) electrons. The zero-order valence-electron chi connectivity index (χ0n) is 19.1. The van der Waals surface area contributed by atoms with Gasteiger partial charge in [0, 0.05) is 35.8 Å². The van der Waals surface area contributed by atoms with Crippen molar-refractivity contribution in [2.75, 3.05) is 23.3 Å². The van der Waals surface area contributed by atoms with Crippen molar-refractivity contribution >= 4 is 28.6 Å². The summed E-state index contributed by atoms with van der Waals surface area (Å²) in [5.74, 6) is 0.744. The molecule has 0 aliphatic carbocycles. The van der Waals surface area contributed by atoms with Crippen molar-refractivity contribution in [3.63, 3.8) is 0 Å². The molecule has 0 unspecified atom stereocenters. The fraction of sp³-hybridized carbons (Fsp3) is 0.320. The van der Waals surface area contributed by atoms with Crippen LogP contribution in [0.1, 0.15) is 29.9 Å². The molecule has 1 aliphatic heterocycles. The van der Waals surface area contributed by atoms with Crippen molar-refractivity contribution in [1.82, 2.24) is 24.7 Å². The maximum Gasteiger partial charge on any atom is 0.227 e. The van der Waals surface area contributed by atoms with Crippen LogP contribution < -0.4 is 10.2 Å². The van der Waals surface area contributed by atoms with Crippen LogP contribution in [0, 0.1) is 26.7 Å². The van der Waals surface area contributed by atoms with E-state index in [2.05, 4.69) is 30.3 Å². The van der Waals surface area contributed by atoms with Crippen molar-refractivity contribution in [3.8, 4) is 5.69 Å². The Bertz CT molecular complexity index is 1290. The van der Waals surface area contributed by atoms with E-state index < -0.39 is 0 Å². The molecule has 168 valence electrons. The Morgan fingerprint density at radius 3 is 2.39 bits per heavy atom. The Kier molecular flexibility index (Phi) is 5.50. The lowest BCUT2D eigenvalue weighted by Gasteiger charge is -2.31. The molecule has 0 atom stereocenters. The number of hydrogen-bond acceptors (Lipinski definition) is 6. The summed E-state index contributed by atoms with van der Waals surface area (Å²) in [6, 6.07) is 13.9. The molecule has 1 amide bonds. The molecule has 1 N–H and O–H groups in total. The standard InChI is InChI=1S/C25H27N7O/c1-16-13-17(2)28-25(27-16)31-11-9-19(10-12-31)24(33)29-20-14-22-18(3)30-32(23(22)26-15-20)21-7-5-4-6-8-21/h4-8,13-15,19H,9-12H2,1-3H3,(H,29,33). The summed E-state index contributed by atoms with van der Waals surface area (Å²) in [4.78, 5) is 28.8. The normalized spacial score (nSPS) is 14.6. The van der Waals surface area contributed by atoms with E-state index >= 15 is 0 Å². The van der Waals surface area contributed by atoms with E-state index in [1.165, 1.54) is 0 Å². The average molecular weight is 442 g/mol. The minimum Gasteiger partial charge on any atom is -0.341 e. The minimum absolute atomic E-state index is 0.0326. The molecule has 1 saturated heterocycles. The summed E-state index contributed by atoms with van der Waals surface area (Å²) in [5.41, 5.74) is 5.23. The molecule has 4 heterocycles. The van der Waals surface area contributed by atoms with Gasteiger partial charge in [0.25, 0.3) is 0 Å². The maximum absolute atomic E-state index is 13.0. The third-order valence-corrected chi connectivity index (χ3v) is 6.09. The molecule has 1 aromatic carbocycles. The van der Waals surface area contributed by atoms with Gasteiger partial charge in [-0.05, 0) is 57.9 Å². The summed E-state index contributed by atoms with van der Waals surface area (Å²) in [6.07, 6.45) is 3.24. The second-order valence-electron chi connectivity index (χ2n) is 8.63. The van der Waals surface area contributed by atoms with E-state index in [1.54, 1.807) is 6.20 Å². The molecule has 4 aromatic rings. The summed E-state index contributed by atoms with van der Waals surface area (Å²) in [6.45, 7) is 7.45. The highest BCUT2D eigenvalue weighted by atomic mass is 16.1. The van der Waals surface area contributed by atoms with Gasteiger partial charge >= 0.3 is 0 Å². The Morgan fingerprint density at radius 1 is 1.00 bits per heavy atom. The molecule has 33 heavy (non-hydrogen) atoms. The molecule has 8 heteroatoms. The third kappa shape index (κ3) is 4.28. The number of nitrogens with zero attached hydrogens (tertiary/aromatic N) is 6. The maximum atomic E-state index is 13.0. The number of para-hydroxylation sites is 1. The van der Waals surface area contributed by atoms with Crippen molar-refractivity contribution in [1.29, 1.82) is 0 Å². The number of benzene rings is 1. The van der Waals surface area contributed by atoms with Gasteiger partial charge in [0.2, 0.25) is 11.9 Å². The number of aryl methyl sites for hydroxylation is 3. The summed E-state index contributed by atoms with van der Waals surface area (Å²) >= 11 is 0. The van der Waals surface area contributed by atoms with E-state index in [-0.39, 0.29) is 11.8 Å². The molecule has 0 saturated carbocycles. The highest BCUT2D eigenvalue weighted by Gasteiger charge is 2.26. The first-order valence-corrected chi connectivity index (χ1v) is 11.3. The zero-order chi connectivity index (χ0) is 22.9. The third-order valence-electron chi connectivity index (χ3n) is 6.09. The molecular formula is C25H27N7O. The van der Waals surface area contributed by atoms with Gasteiger partial charge in [-0.15, -0.1) is 0 Å². The first-order valence-electron chi connectivity index (χ1n) is 11.3. The van der Waals surface area contributed by atoms with Gasteiger partial charge in [-0.2, -0.15) is 5.10 Å². The number of aromatic nitrogens is 5. The van der Waals surface area contributed by atoms with Gasteiger partial charge in [0.1, 0.15) is 0 Å². The number of anilines is 2. The monoisotopic (exact) mass is 441 g/mol. The zero-order valence-corrected chi connectivity index (χ0v) is 19.1. The van der Waals surface area contributed by atoms with E-state index in [4.69, 9.17) is 0 Å². The van der Waals surface area contributed by atoms with Crippen LogP contribution in [0.3, 0.4) is 0 Å². The van der Waals surface area contributed by atoms with E-state index in [1.807, 2.05) is 67.9 Å². The van der Waals surface area contributed by atoms with Crippen LogP contribution in [0.25, 0.3) is 16.7 Å². The van der Waals surface area contributed by atoms with Crippen molar-refractivity contribution in [2.45, 2.75) is 33.6 Å². The first-order chi connectivity index (χ1) is 16.0. The van der Waals surface area contributed by atoms with Crippen LogP contribution in [-0.4, -0.2) is 43.7 Å². The topological polar surface area (TPSA) is 88.8 Å². The first kappa shape index (κ1) is 21.1. The fourth-order valence-electron chi connectivity index (χ4n) is 4.40. The Morgan fingerprint density at radius 2 is 1.70 bits per heavy atom. The van der Waals surface area contributed by atoms with Crippen LogP contribution in [0.2, 0.25) is 0 Å². The molecule has 0 spiro atoms. The minimum atomic E-state index is -0.0454. The SMILES string of the molecule is Cc1cc(C)nc(N2CCC(C(=O)Nc3cnc4c(c3)c(C)nn4-c3ccccc3)CC2)n1. The van der Waals surface area contributed by atoms with Crippen molar-refractivity contribution in [3.05, 3.63) is 65.7 Å². The van der Waals surface area contributed by atoms with Gasteiger partial charge in [-0.25, -0.2) is 19.6 Å². The largest absolute Gasteiger partial charge is 0.341 e. The number of piperidine rings is 1. The van der Waals surface area contributed by atoms with Crippen LogP contribution in [0.15, 0.2) is 48.7 Å². The van der Waals surface area contributed by atoms with Crippen molar-refractivity contribution < 1.29 is 4.79 Å². The van der Waals surface area contributed by atoms with E-state index in [9.17, 15) is 4.79 Å². The number of rotatable bonds is 4. The number of nitrogens with one attached hydrogen (secondary N) is 1. The smallest absolute Gasteiger partial charge is 0.227 e. The molecule has 5 rings (SSSR count). The lowest BCUT2D eigenvalue weighted by molar-refractivity contribution is -0.120. The summed E-state index contributed by atoms with van der Waals surface area (Å²) < 4.78 is 1.83. The number of hydrogen-bond donors (Lipinski definition) is 1. The summed E-state index contributed by atoms with van der Waals surface area (Å²) in [7, 11) is 0.